The molecule has 0 heterocycles. The Balaban J connectivity index is 2.07. The molecule has 0 bridgehead atoms. The van der Waals surface area contributed by atoms with Crippen LogP contribution in [0.2, 0.25) is 0 Å². The second-order valence-electron chi connectivity index (χ2n) is 4.20. The highest BCUT2D eigenvalue weighted by Crippen LogP contribution is 2.23. The maximum atomic E-state index is 11.3. The third-order valence-electron chi connectivity index (χ3n) is 3.00. The van der Waals surface area contributed by atoms with Gasteiger partial charge in [-0.15, -0.1) is 0 Å². The fourth-order valence-electron chi connectivity index (χ4n) is 2.08. The van der Waals surface area contributed by atoms with Gasteiger partial charge in [0, 0.05) is 11.7 Å². The van der Waals surface area contributed by atoms with Crippen LogP contribution < -0.4 is 11.2 Å². The molecule has 1 saturated carbocycles. The van der Waals surface area contributed by atoms with Gasteiger partial charge < -0.3 is 5.32 Å². The molecular formula is C11H16N2O3S. The predicted octanol–water partition coefficient (Wildman–Crippen LogP) is 1.62. The van der Waals surface area contributed by atoms with Gasteiger partial charge in [0.1, 0.15) is 0 Å². The van der Waals surface area contributed by atoms with Crippen molar-refractivity contribution in [2.24, 2.45) is 5.90 Å². The topological polar surface area (TPSA) is 81.4 Å². The van der Waals surface area contributed by atoms with Crippen molar-refractivity contribution in [3.63, 3.8) is 0 Å². The molecule has 2 rings (SSSR count). The van der Waals surface area contributed by atoms with Crippen LogP contribution in [0, 0.1) is 0 Å². The highest BCUT2D eigenvalue weighted by Gasteiger charge is 2.16. The molecular weight excluding hydrogens is 240 g/mol. The lowest BCUT2D eigenvalue weighted by molar-refractivity contribution is 0.333. The van der Waals surface area contributed by atoms with Gasteiger partial charge in [-0.3, -0.25) is 0 Å². The minimum atomic E-state index is -3.79. The van der Waals surface area contributed by atoms with Crippen molar-refractivity contribution in [3.8, 4) is 0 Å². The van der Waals surface area contributed by atoms with E-state index in [1.807, 2.05) is 0 Å². The van der Waals surface area contributed by atoms with E-state index < -0.39 is 10.1 Å². The molecule has 1 fully saturated rings. The highest BCUT2D eigenvalue weighted by atomic mass is 32.2. The van der Waals surface area contributed by atoms with Gasteiger partial charge in [-0.2, -0.15) is 18.6 Å². The van der Waals surface area contributed by atoms with E-state index >= 15 is 0 Å². The normalized spacial score (nSPS) is 17.2. The number of rotatable bonds is 4. The first-order valence-corrected chi connectivity index (χ1v) is 7.02. The summed E-state index contributed by atoms with van der Waals surface area (Å²) in [4.78, 5) is 0.0666. The summed E-state index contributed by atoms with van der Waals surface area (Å²) in [6.45, 7) is 0. The first kappa shape index (κ1) is 12.3. The predicted molar refractivity (Wildman–Crippen MR) is 64.8 cm³/mol. The van der Waals surface area contributed by atoms with Crippen molar-refractivity contribution >= 4 is 15.8 Å². The number of hydrogen-bond donors (Lipinski definition) is 2. The number of nitrogens with two attached hydrogens (primary N) is 1. The zero-order chi connectivity index (χ0) is 12.3. The lowest BCUT2D eigenvalue weighted by Crippen LogP contribution is -2.15. The quantitative estimate of drug-likeness (QED) is 0.800. The number of anilines is 1. The summed E-state index contributed by atoms with van der Waals surface area (Å²) in [6.07, 6.45) is 4.86. The molecule has 94 valence electrons. The molecule has 5 nitrogen and oxygen atoms in total. The van der Waals surface area contributed by atoms with Crippen LogP contribution >= 0.6 is 0 Å². The molecule has 1 aliphatic rings. The Morgan fingerprint density at radius 3 is 2.29 bits per heavy atom. The Labute approximate surface area is 101 Å². The van der Waals surface area contributed by atoms with Crippen molar-refractivity contribution in [2.45, 2.75) is 36.6 Å². The van der Waals surface area contributed by atoms with Crippen LogP contribution in [0.5, 0.6) is 0 Å². The largest absolute Gasteiger partial charge is 0.382 e. The Kier molecular flexibility index (Phi) is 3.66. The fraction of sp³-hybridized carbons (Fsp3) is 0.455. The molecule has 0 radical (unpaired) electrons. The van der Waals surface area contributed by atoms with Gasteiger partial charge in [0.15, 0.2) is 0 Å². The second-order valence-corrected chi connectivity index (χ2v) is 5.77. The molecule has 0 atom stereocenters. The SMILES string of the molecule is NOS(=O)(=O)c1ccc(NC2CCCC2)cc1. The van der Waals surface area contributed by atoms with Crippen molar-refractivity contribution in [1.29, 1.82) is 0 Å². The summed E-state index contributed by atoms with van der Waals surface area (Å²) in [6, 6.07) is 6.93. The van der Waals surface area contributed by atoms with Crippen LogP contribution in [-0.4, -0.2) is 14.5 Å². The highest BCUT2D eigenvalue weighted by molar-refractivity contribution is 7.86. The van der Waals surface area contributed by atoms with Gasteiger partial charge in [-0.05, 0) is 37.1 Å². The summed E-state index contributed by atoms with van der Waals surface area (Å²) in [5.74, 6) is 4.70. The summed E-state index contributed by atoms with van der Waals surface area (Å²) >= 11 is 0. The van der Waals surface area contributed by atoms with Gasteiger partial charge in [0.05, 0.1) is 4.90 Å². The number of hydrogen-bond acceptors (Lipinski definition) is 5. The smallest absolute Gasteiger partial charge is 0.312 e. The Morgan fingerprint density at radius 2 is 1.76 bits per heavy atom. The van der Waals surface area contributed by atoms with Gasteiger partial charge in [-0.1, -0.05) is 12.8 Å². The van der Waals surface area contributed by atoms with Crippen molar-refractivity contribution < 1.29 is 12.7 Å². The lowest BCUT2D eigenvalue weighted by atomic mass is 10.2. The maximum Gasteiger partial charge on any atom is 0.312 e. The van der Waals surface area contributed by atoms with Gasteiger partial charge in [0.25, 0.3) is 0 Å². The lowest BCUT2D eigenvalue weighted by Gasteiger charge is -2.13. The molecule has 1 aromatic carbocycles. The van der Waals surface area contributed by atoms with E-state index in [1.54, 1.807) is 12.1 Å². The van der Waals surface area contributed by atoms with Crippen LogP contribution in [0.15, 0.2) is 29.2 Å². The molecule has 6 heteroatoms. The minimum Gasteiger partial charge on any atom is -0.382 e. The fourth-order valence-corrected chi connectivity index (χ4v) is 2.66. The maximum absolute atomic E-state index is 11.3. The van der Waals surface area contributed by atoms with E-state index in [4.69, 9.17) is 5.90 Å². The summed E-state index contributed by atoms with van der Waals surface area (Å²) in [5, 5.41) is 3.37. The first-order chi connectivity index (χ1) is 8.12. The van der Waals surface area contributed by atoms with E-state index in [0.717, 1.165) is 5.69 Å². The third kappa shape index (κ3) is 2.96. The van der Waals surface area contributed by atoms with Crippen molar-refractivity contribution in [2.75, 3.05) is 5.32 Å². The molecule has 1 aromatic rings. The molecule has 0 saturated heterocycles. The van der Waals surface area contributed by atoms with Gasteiger partial charge in [-0.25, -0.2) is 0 Å². The zero-order valence-electron chi connectivity index (χ0n) is 9.43. The van der Waals surface area contributed by atoms with Crippen LogP contribution in [0.25, 0.3) is 0 Å². The number of nitrogens with one attached hydrogen (secondary N) is 1. The molecule has 0 amide bonds. The average Bonchev–Trinajstić information content (AvgIpc) is 2.83. The van der Waals surface area contributed by atoms with Crippen molar-refractivity contribution in [1.82, 2.24) is 0 Å². The van der Waals surface area contributed by atoms with Gasteiger partial charge in [0.2, 0.25) is 0 Å². The van der Waals surface area contributed by atoms with Crippen LogP contribution in [0.3, 0.4) is 0 Å². The average molecular weight is 256 g/mol. The summed E-state index contributed by atoms with van der Waals surface area (Å²) in [7, 11) is -3.79. The van der Waals surface area contributed by atoms with Crippen molar-refractivity contribution in [3.05, 3.63) is 24.3 Å². The van der Waals surface area contributed by atoms with E-state index in [2.05, 4.69) is 9.60 Å². The Morgan fingerprint density at radius 1 is 1.18 bits per heavy atom. The molecule has 0 unspecified atom stereocenters. The summed E-state index contributed by atoms with van der Waals surface area (Å²) < 4.78 is 26.5. The van der Waals surface area contributed by atoms with E-state index in [9.17, 15) is 8.42 Å². The zero-order valence-corrected chi connectivity index (χ0v) is 10.2. The first-order valence-electron chi connectivity index (χ1n) is 5.62. The molecule has 0 aromatic heterocycles. The van der Waals surface area contributed by atoms with E-state index in [0.29, 0.717) is 6.04 Å². The second kappa shape index (κ2) is 5.03. The molecule has 17 heavy (non-hydrogen) atoms. The minimum absolute atomic E-state index is 0.0666. The van der Waals surface area contributed by atoms with Crippen LogP contribution in [-0.2, 0) is 14.4 Å². The third-order valence-corrected chi connectivity index (χ3v) is 4.10. The Bertz CT molecular complexity index is 464. The molecule has 0 spiro atoms. The Hall–Kier alpha value is -1.11. The van der Waals surface area contributed by atoms with Crippen LogP contribution in [0.4, 0.5) is 5.69 Å². The number of benzene rings is 1. The standard InChI is InChI=1S/C11H16N2O3S/c12-16-17(14,15)11-7-5-10(6-8-11)13-9-3-1-2-4-9/h5-9,13H,1-4,12H2. The monoisotopic (exact) mass is 256 g/mol. The molecule has 0 aliphatic heterocycles. The van der Waals surface area contributed by atoms with E-state index in [-0.39, 0.29) is 4.90 Å². The summed E-state index contributed by atoms with van der Waals surface area (Å²) in [5.41, 5.74) is 0.924. The van der Waals surface area contributed by atoms with Gasteiger partial charge >= 0.3 is 10.1 Å². The van der Waals surface area contributed by atoms with Crippen LogP contribution in [0.1, 0.15) is 25.7 Å². The molecule has 3 N–H and O–H groups in total. The van der Waals surface area contributed by atoms with E-state index in [1.165, 1.54) is 37.8 Å². The molecule has 1 aliphatic carbocycles.